The van der Waals surface area contributed by atoms with E-state index in [1.54, 1.807) is 18.2 Å². The molecule has 1 aromatic rings. The highest BCUT2D eigenvalue weighted by atomic mass is 16.3. The van der Waals surface area contributed by atoms with Crippen molar-refractivity contribution in [2.75, 3.05) is 13.6 Å². The minimum atomic E-state index is 0.0935. The smallest absolute Gasteiger partial charge is 0.226 e. The van der Waals surface area contributed by atoms with Crippen molar-refractivity contribution in [2.45, 2.75) is 31.7 Å². The van der Waals surface area contributed by atoms with Gasteiger partial charge in [0.05, 0.1) is 6.42 Å². The van der Waals surface area contributed by atoms with Crippen molar-refractivity contribution in [3.63, 3.8) is 0 Å². The highest BCUT2D eigenvalue weighted by Crippen LogP contribution is 2.28. The Morgan fingerprint density at radius 3 is 2.95 bits per heavy atom. The Balaban J connectivity index is 1.99. The van der Waals surface area contributed by atoms with Gasteiger partial charge in [-0.2, -0.15) is 0 Å². The monoisotopic (exact) mass is 262 g/mol. The van der Waals surface area contributed by atoms with E-state index < -0.39 is 0 Å². The van der Waals surface area contributed by atoms with Gasteiger partial charge in [0.1, 0.15) is 5.75 Å². The van der Waals surface area contributed by atoms with Gasteiger partial charge in [0, 0.05) is 13.1 Å². The topological polar surface area (TPSA) is 66.6 Å². The lowest BCUT2D eigenvalue weighted by Gasteiger charge is -2.29. The number of amides is 1. The van der Waals surface area contributed by atoms with Crippen molar-refractivity contribution >= 4 is 5.91 Å². The lowest BCUT2D eigenvalue weighted by Crippen LogP contribution is -2.42. The molecule has 3 N–H and O–H groups in total. The second-order valence-corrected chi connectivity index (χ2v) is 5.35. The summed E-state index contributed by atoms with van der Waals surface area (Å²) in [5.74, 6) is 0.725. The first-order valence-electron chi connectivity index (χ1n) is 6.85. The fraction of sp³-hybridized carbons (Fsp3) is 0.533. The van der Waals surface area contributed by atoms with Gasteiger partial charge in [-0.1, -0.05) is 18.6 Å². The first-order valence-corrected chi connectivity index (χ1v) is 6.85. The SMILES string of the molecule is CN(C(=O)Cc1cccc(O)c1)C1CCCC1CN. The quantitative estimate of drug-likeness (QED) is 0.864. The number of nitrogens with two attached hydrogens (primary N) is 1. The molecule has 0 aromatic heterocycles. The van der Waals surface area contributed by atoms with E-state index in [-0.39, 0.29) is 17.7 Å². The van der Waals surface area contributed by atoms with Gasteiger partial charge >= 0.3 is 0 Å². The molecular formula is C15H22N2O2. The minimum absolute atomic E-state index is 0.0935. The second kappa shape index (κ2) is 6.06. The number of carbonyl (C=O) groups is 1. The van der Waals surface area contributed by atoms with E-state index in [0.717, 1.165) is 24.8 Å². The third-order valence-electron chi connectivity index (χ3n) is 4.08. The fourth-order valence-electron chi connectivity index (χ4n) is 2.95. The Hall–Kier alpha value is -1.55. The van der Waals surface area contributed by atoms with Gasteiger partial charge in [-0.05, 0) is 43.0 Å². The molecule has 4 heteroatoms. The molecule has 1 amide bonds. The summed E-state index contributed by atoms with van der Waals surface area (Å²) in [6.07, 6.45) is 3.64. The lowest BCUT2D eigenvalue weighted by molar-refractivity contribution is -0.131. The average molecular weight is 262 g/mol. The summed E-state index contributed by atoms with van der Waals surface area (Å²) in [5.41, 5.74) is 6.61. The molecule has 0 heterocycles. The molecule has 4 nitrogen and oxygen atoms in total. The van der Waals surface area contributed by atoms with Crippen LogP contribution in [0.2, 0.25) is 0 Å². The molecule has 2 unspecified atom stereocenters. The number of rotatable bonds is 4. The molecule has 0 saturated heterocycles. The van der Waals surface area contributed by atoms with Crippen molar-refractivity contribution in [2.24, 2.45) is 11.7 Å². The summed E-state index contributed by atoms with van der Waals surface area (Å²) in [6.45, 7) is 0.647. The molecule has 1 aliphatic rings. The zero-order valence-corrected chi connectivity index (χ0v) is 11.4. The number of aromatic hydroxyl groups is 1. The van der Waals surface area contributed by atoms with E-state index in [4.69, 9.17) is 5.73 Å². The highest BCUT2D eigenvalue weighted by Gasteiger charge is 2.31. The van der Waals surface area contributed by atoms with Crippen LogP contribution in [-0.4, -0.2) is 35.5 Å². The predicted octanol–water partition coefficient (Wildman–Crippen LogP) is 1.52. The lowest BCUT2D eigenvalue weighted by atomic mass is 10.0. The maximum atomic E-state index is 12.3. The molecule has 0 bridgehead atoms. The van der Waals surface area contributed by atoms with Crippen LogP contribution in [-0.2, 0) is 11.2 Å². The molecule has 19 heavy (non-hydrogen) atoms. The molecule has 1 aromatic carbocycles. The van der Waals surface area contributed by atoms with E-state index in [0.29, 0.717) is 18.9 Å². The van der Waals surface area contributed by atoms with E-state index in [9.17, 15) is 9.90 Å². The van der Waals surface area contributed by atoms with Gasteiger partial charge in [0.15, 0.2) is 0 Å². The Bertz CT molecular complexity index is 448. The molecule has 0 radical (unpaired) electrons. The zero-order valence-electron chi connectivity index (χ0n) is 11.4. The van der Waals surface area contributed by atoms with Gasteiger partial charge in [0.2, 0.25) is 5.91 Å². The number of hydrogen-bond donors (Lipinski definition) is 2. The van der Waals surface area contributed by atoms with Crippen molar-refractivity contribution < 1.29 is 9.90 Å². The Labute approximate surface area is 114 Å². The van der Waals surface area contributed by atoms with Crippen LogP contribution < -0.4 is 5.73 Å². The molecule has 1 saturated carbocycles. The minimum Gasteiger partial charge on any atom is -0.508 e. The Morgan fingerprint density at radius 2 is 2.26 bits per heavy atom. The predicted molar refractivity (Wildman–Crippen MR) is 74.8 cm³/mol. The number of benzene rings is 1. The maximum absolute atomic E-state index is 12.3. The first-order chi connectivity index (χ1) is 9.11. The van der Waals surface area contributed by atoms with Crippen LogP contribution in [0.25, 0.3) is 0 Å². The summed E-state index contributed by atoms with van der Waals surface area (Å²) >= 11 is 0. The van der Waals surface area contributed by atoms with Gasteiger partial charge in [0.25, 0.3) is 0 Å². The van der Waals surface area contributed by atoms with E-state index in [2.05, 4.69) is 0 Å². The zero-order chi connectivity index (χ0) is 13.8. The third-order valence-corrected chi connectivity index (χ3v) is 4.08. The number of carbonyl (C=O) groups excluding carboxylic acids is 1. The van der Waals surface area contributed by atoms with Crippen LogP contribution in [0.5, 0.6) is 5.75 Å². The first kappa shape index (κ1) is 13.9. The Morgan fingerprint density at radius 1 is 1.47 bits per heavy atom. The largest absolute Gasteiger partial charge is 0.508 e. The fourth-order valence-corrected chi connectivity index (χ4v) is 2.95. The van der Waals surface area contributed by atoms with E-state index in [1.807, 2.05) is 18.0 Å². The number of nitrogens with zero attached hydrogens (tertiary/aromatic N) is 1. The van der Waals surface area contributed by atoms with Gasteiger partial charge in [-0.15, -0.1) is 0 Å². The van der Waals surface area contributed by atoms with Crippen molar-refractivity contribution in [3.8, 4) is 5.75 Å². The number of likely N-dealkylation sites (N-methyl/N-ethyl adjacent to an activating group) is 1. The molecule has 0 spiro atoms. The molecule has 2 rings (SSSR count). The van der Waals surface area contributed by atoms with Crippen LogP contribution in [0.1, 0.15) is 24.8 Å². The van der Waals surface area contributed by atoms with Crippen molar-refractivity contribution in [1.29, 1.82) is 0 Å². The summed E-state index contributed by atoms with van der Waals surface area (Å²) in [7, 11) is 1.86. The van der Waals surface area contributed by atoms with E-state index >= 15 is 0 Å². The molecule has 104 valence electrons. The van der Waals surface area contributed by atoms with Crippen LogP contribution in [0.3, 0.4) is 0 Å². The van der Waals surface area contributed by atoms with Crippen LogP contribution in [0.4, 0.5) is 0 Å². The molecule has 1 fully saturated rings. The normalized spacial score (nSPS) is 22.4. The summed E-state index contributed by atoms with van der Waals surface area (Å²) < 4.78 is 0. The standard InChI is InChI=1S/C15H22N2O2/c1-17(14-7-3-5-12(14)10-16)15(19)9-11-4-2-6-13(18)8-11/h2,4,6,8,12,14,18H,3,5,7,9-10,16H2,1H3. The average Bonchev–Trinajstić information content (AvgIpc) is 2.86. The molecular weight excluding hydrogens is 240 g/mol. The Kier molecular flexibility index (Phi) is 4.43. The van der Waals surface area contributed by atoms with Gasteiger partial charge in [-0.25, -0.2) is 0 Å². The number of hydrogen-bond acceptors (Lipinski definition) is 3. The van der Waals surface area contributed by atoms with Crippen molar-refractivity contribution in [1.82, 2.24) is 4.90 Å². The third kappa shape index (κ3) is 3.26. The number of phenolic OH excluding ortho intramolecular Hbond substituents is 1. The van der Waals surface area contributed by atoms with Crippen LogP contribution in [0.15, 0.2) is 24.3 Å². The number of phenols is 1. The van der Waals surface area contributed by atoms with E-state index in [1.165, 1.54) is 0 Å². The summed E-state index contributed by atoms with van der Waals surface area (Å²) in [6, 6.07) is 7.14. The maximum Gasteiger partial charge on any atom is 0.226 e. The molecule has 2 atom stereocenters. The molecule has 1 aliphatic carbocycles. The molecule has 0 aliphatic heterocycles. The summed E-state index contributed by atoms with van der Waals surface area (Å²) in [4.78, 5) is 14.1. The highest BCUT2D eigenvalue weighted by molar-refractivity contribution is 5.79. The summed E-state index contributed by atoms with van der Waals surface area (Å²) in [5, 5.41) is 9.41. The van der Waals surface area contributed by atoms with Crippen LogP contribution >= 0.6 is 0 Å². The van der Waals surface area contributed by atoms with Gasteiger partial charge in [-0.3, -0.25) is 4.79 Å². The van der Waals surface area contributed by atoms with Crippen LogP contribution in [0, 0.1) is 5.92 Å². The van der Waals surface area contributed by atoms with Gasteiger partial charge < -0.3 is 15.7 Å². The second-order valence-electron chi connectivity index (χ2n) is 5.35. The van der Waals surface area contributed by atoms with Crippen molar-refractivity contribution in [3.05, 3.63) is 29.8 Å².